The van der Waals surface area contributed by atoms with Crippen LogP contribution in [0.25, 0.3) is 6.08 Å². The van der Waals surface area contributed by atoms with Gasteiger partial charge in [-0.2, -0.15) is 0 Å². The highest BCUT2D eigenvalue weighted by atomic mass is 32.2. The summed E-state index contributed by atoms with van der Waals surface area (Å²) in [6, 6.07) is 13.8. The van der Waals surface area contributed by atoms with Crippen LogP contribution in [0.3, 0.4) is 0 Å². The smallest absolute Gasteiger partial charge is 0.265 e. The molecule has 0 atom stereocenters. The molecule has 1 fully saturated rings. The number of ether oxygens (including phenoxy) is 2. The summed E-state index contributed by atoms with van der Waals surface area (Å²) >= 11 is 6.46. The lowest BCUT2D eigenvalue weighted by atomic mass is 10.1. The molecule has 0 spiro atoms. The highest BCUT2D eigenvalue weighted by molar-refractivity contribution is 8.26. The Hall–Kier alpha value is -2.31. The third-order valence-corrected chi connectivity index (χ3v) is 5.47. The van der Waals surface area contributed by atoms with E-state index in [9.17, 15) is 4.79 Å². The SMILES string of the molecule is Cc1cc(C)cc(OCCOc2ccc(/C=C3\SC(=S)N(C)C3=O)cc2)c1. The molecular weight excluding hydrogens is 378 g/mol. The van der Waals surface area contributed by atoms with Gasteiger partial charge < -0.3 is 9.47 Å². The van der Waals surface area contributed by atoms with Gasteiger partial charge in [0, 0.05) is 7.05 Å². The lowest BCUT2D eigenvalue weighted by Gasteiger charge is -2.10. The van der Waals surface area contributed by atoms with Crippen LogP contribution in [0.1, 0.15) is 16.7 Å². The molecule has 1 aliphatic rings. The first-order valence-corrected chi connectivity index (χ1v) is 9.80. The summed E-state index contributed by atoms with van der Waals surface area (Å²) < 4.78 is 12.0. The van der Waals surface area contributed by atoms with E-state index in [4.69, 9.17) is 21.7 Å². The first-order chi connectivity index (χ1) is 12.9. The predicted octanol–water partition coefficient (Wildman–Crippen LogP) is 4.59. The normalized spacial score (nSPS) is 15.5. The van der Waals surface area contributed by atoms with Gasteiger partial charge in [0.1, 0.15) is 29.0 Å². The molecule has 140 valence electrons. The minimum Gasteiger partial charge on any atom is -0.490 e. The zero-order valence-corrected chi connectivity index (χ0v) is 17.2. The molecule has 6 heteroatoms. The molecule has 4 nitrogen and oxygen atoms in total. The van der Waals surface area contributed by atoms with E-state index in [-0.39, 0.29) is 5.91 Å². The van der Waals surface area contributed by atoms with Crippen molar-refractivity contribution < 1.29 is 14.3 Å². The number of thioether (sulfide) groups is 1. The second-order valence-electron chi connectivity index (χ2n) is 6.33. The fraction of sp³-hybridized carbons (Fsp3) is 0.238. The quantitative estimate of drug-likeness (QED) is 0.403. The number of aryl methyl sites for hydroxylation is 2. The van der Waals surface area contributed by atoms with Crippen molar-refractivity contribution >= 4 is 40.3 Å². The number of benzene rings is 2. The number of likely N-dealkylation sites (N-methyl/N-ethyl adjacent to an activating group) is 1. The van der Waals surface area contributed by atoms with Gasteiger partial charge in [-0.25, -0.2) is 0 Å². The number of nitrogens with zero attached hydrogens (tertiary/aromatic N) is 1. The molecule has 0 saturated carbocycles. The van der Waals surface area contributed by atoms with Crippen molar-refractivity contribution in [1.29, 1.82) is 0 Å². The van der Waals surface area contributed by atoms with Crippen LogP contribution in [0.15, 0.2) is 47.4 Å². The summed E-state index contributed by atoms with van der Waals surface area (Å²) in [6.45, 7) is 5.04. The molecule has 0 N–H and O–H groups in total. The maximum absolute atomic E-state index is 12.0. The van der Waals surface area contributed by atoms with E-state index in [0.29, 0.717) is 22.4 Å². The molecule has 27 heavy (non-hydrogen) atoms. The van der Waals surface area contributed by atoms with Gasteiger partial charge in [0.05, 0.1) is 4.91 Å². The Bertz CT molecular complexity index is 871. The van der Waals surface area contributed by atoms with E-state index in [1.807, 2.05) is 42.5 Å². The van der Waals surface area contributed by atoms with E-state index in [1.165, 1.54) is 27.8 Å². The van der Waals surface area contributed by atoms with Gasteiger partial charge in [-0.3, -0.25) is 9.69 Å². The lowest BCUT2D eigenvalue weighted by Crippen LogP contribution is -2.22. The van der Waals surface area contributed by atoms with Crippen LogP contribution in [0, 0.1) is 13.8 Å². The minimum atomic E-state index is -0.0612. The van der Waals surface area contributed by atoms with Gasteiger partial charge in [-0.1, -0.05) is 42.2 Å². The molecule has 0 unspecified atom stereocenters. The van der Waals surface area contributed by atoms with Crippen LogP contribution in [0.4, 0.5) is 0 Å². The maximum Gasteiger partial charge on any atom is 0.265 e. The Morgan fingerprint density at radius 1 is 1.00 bits per heavy atom. The summed E-state index contributed by atoms with van der Waals surface area (Å²) in [7, 11) is 1.69. The number of amides is 1. The maximum atomic E-state index is 12.0. The van der Waals surface area contributed by atoms with Crippen molar-refractivity contribution in [1.82, 2.24) is 4.90 Å². The van der Waals surface area contributed by atoms with E-state index in [2.05, 4.69) is 19.9 Å². The minimum absolute atomic E-state index is 0.0612. The van der Waals surface area contributed by atoms with Crippen LogP contribution < -0.4 is 9.47 Å². The first kappa shape index (κ1) is 19.5. The van der Waals surface area contributed by atoms with Gasteiger partial charge >= 0.3 is 0 Å². The van der Waals surface area contributed by atoms with E-state index < -0.39 is 0 Å². The molecule has 1 saturated heterocycles. The van der Waals surface area contributed by atoms with Crippen molar-refractivity contribution in [3.63, 3.8) is 0 Å². The highest BCUT2D eigenvalue weighted by Gasteiger charge is 2.28. The van der Waals surface area contributed by atoms with Crippen molar-refractivity contribution in [2.45, 2.75) is 13.8 Å². The molecule has 2 aromatic carbocycles. The predicted molar refractivity (Wildman–Crippen MR) is 114 cm³/mol. The molecule has 0 aliphatic carbocycles. The van der Waals surface area contributed by atoms with E-state index in [1.54, 1.807) is 7.05 Å². The molecule has 0 aromatic heterocycles. The largest absolute Gasteiger partial charge is 0.490 e. The highest BCUT2D eigenvalue weighted by Crippen LogP contribution is 2.31. The Morgan fingerprint density at radius 2 is 1.59 bits per heavy atom. The first-order valence-electron chi connectivity index (χ1n) is 8.58. The lowest BCUT2D eigenvalue weighted by molar-refractivity contribution is -0.121. The number of thiocarbonyl (C=S) groups is 1. The van der Waals surface area contributed by atoms with Crippen LogP contribution in [0.5, 0.6) is 11.5 Å². The standard InChI is InChI=1S/C21H21NO3S2/c1-14-10-15(2)12-18(11-14)25-9-8-24-17-6-4-16(5-7-17)13-19-20(23)22(3)21(26)27-19/h4-7,10-13H,8-9H2,1-3H3/b19-13-. The topological polar surface area (TPSA) is 38.8 Å². The Labute approximate surface area is 169 Å². The number of hydrogen-bond donors (Lipinski definition) is 0. The Kier molecular flexibility index (Phi) is 6.19. The van der Waals surface area contributed by atoms with Gasteiger partial charge in [0.25, 0.3) is 5.91 Å². The Balaban J connectivity index is 1.51. The molecule has 1 amide bonds. The zero-order valence-electron chi connectivity index (χ0n) is 15.5. The average Bonchev–Trinajstić information content (AvgIpc) is 2.86. The van der Waals surface area contributed by atoms with Crippen LogP contribution in [-0.4, -0.2) is 35.4 Å². The third kappa shape index (κ3) is 5.11. The summed E-state index contributed by atoms with van der Waals surface area (Å²) in [5, 5.41) is 0. The molecule has 0 radical (unpaired) electrons. The number of carbonyl (C=O) groups excluding carboxylic acids is 1. The molecule has 1 aliphatic heterocycles. The zero-order chi connectivity index (χ0) is 19.4. The van der Waals surface area contributed by atoms with Gasteiger partial charge in [0.15, 0.2) is 0 Å². The van der Waals surface area contributed by atoms with Crippen molar-refractivity contribution in [2.24, 2.45) is 0 Å². The van der Waals surface area contributed by atoms with Gasteiger partial charge in [0.2, 0.25) is 0 Å². The Morgan fingerprint density at radius 3 is 2.15 bits per heavy atom. The summed E-state index contributed by atoms with van der Waals surface area (Å²) in [4.78, 5) is 14.2. The average molecular weight is 400 g/mol. The van der Waals surface area contributed by atoms with Crippen LogP contribution in [0.2, 0.25) is 0 Å². The molecular formula is C21H21NO3S2. The van der Waals surface area contributed by atoms with Crippen molar-refractivity contribution in [3.05, 3.63) is 64.1 Å². The van der Waals surface area contributed by atoms with Crippen LogP contribution in [-0.2, 0) is 4.79 Å². The van der Waals surface area contributed by atoms with E-state index >= 15 is 0 Å². The summed E-state index contributed by atoms with van der Waals surface area (Å²) in [6.07, 6.45) is 1.84. The van der Waals surface area contributed by atoms with Crippen molar-refractivity contribution in [3.8, 4) is 11.5 Å². The fourth-order valence-electron chi connectivity index (χ4n) is 2.69. The van der Waals surface area contributed by atoms with Gasteiger partial charge in [-0.05, 0) is 60.9 Å². The van der Waals surface area contributed by atoms with Crippen molar-refractivity contribution in [2.75, 3.05) is 20.3 Å². The molecule has 3 rings (SSSR count). The molecule has 1 heterocycles. The summed E-state index contributed by atoms with van der Waals surface area (Å²) in [5.41, 5.74) is 3.30. The monoisotopic (exact) mass is 399 g/mol. The molecule has 0 bridgehead atoms. The number of hydrogen-bond acceptors (Lipinski definition) is 5. The van der Waals surface area contributed by atoms with Gasteiger partial charge in [-0.15, -0.1) is 0 Å². The van der Waals surface area contributed by atoms with E-state index in [0.717, 1.165) is 17.1 Å². The third-order valence-electron chi connectivity index (χ3n) is 3.98. The summed E-state index contributed by atoms with van der Waals surface area (Å²) in [5.74, 6) is 1.56. The fourth-order valence-corrected chi connectivity index (χ4v) is 3.87. The van der Waals surface area contributed by atoms with Crippen LogP contribution >= 0.6 is 24.0 Å². The molecule has 2 aromatic rings. The number of rotatable bonds is 6. The number of carbonyl (C=O) groups is 1. The second-order valence-corrected chi connectivity index (χ2v) is 8.01. The second kappa shape index (κ2) is 8.59.